The van der Waals surface area contributed by atoms with Gasteiger partial charge < -0.3 is 14.6 Å². The van der Waals surface area contributed by atoms with Gasteiger partial charge in [0, 0.05) is 24.6 Å². The van der Waals surface area contributed by atoms with E-state index in [4.69, 9.17) is 4.42 Å². The van der Waals surface area contributed by atoms with Crippen LogP contribution in [0.1, 0.15) is 40.6 Å². The van der Waals surface area contributed by atoms with Crippen LogP contribution in [0, 0.1) is 5.92 Å². The van der Waals surface area contributed by atoms with Gasteiger partial charge in [0.2, 0.25) is 5.91 Å². The van der Waals surface area contributed by atoms with E-state index in [1.807, 2.05) is 89.8 Å². The maximum atomic E-state index is 13.2. The molecule has 1 fully saturated rings. The predicted molar refractivity (Wildman–Crippen MR) is 128 cm³/mol. The highest BCUT2D eigenvalue weighted by atomic mass is 16.3. The zero-order valence-electron chi connectivity index (χ0n) is 18.3. The normalized spacial score (nSPS) is 15.3. The lowest BCUT2D eigenvalue weighted by atomic mass is 9.93. The summed E-state index contributed by atoms with van der Waals surface area (Å²) in [5, 5.41) is 5.19. The van der Waals surface area contributed by atoms with Crippen molar-refractivity contribution >= 4 is 22.6 Å². The second-order valence-corrected chi connectivity index (χ2v) is 8.46. The van der Waals surface area contributed by atoms with Crippen molar-refractivity contribution in [2.75, 3.05) is 13.1 Å². The Morgan fingerprint density at radius 2 is 1.58 bits per heavy atom. The molecule has 0 aliphatic carbocycles. The van der Waals surface area contributed by atoms with Gasteiger partial charge in [-0.25, -0.2) is 0 Å². The molecule has 166 valence electrons. The molecule has 2 heterocycles. The second-order valence-electron chi connectivity index (χ2n) is 8.46. The lowest BCUT2D eigenvalue weighted by Gasteiger charge is -2.32. The first-order valence-corrected chi connectivity index (χ1v) is 11.4. The molecule has 0 saturated carbocycles. The number of carbonyl (C=O) groups excluding carboxylic acids is 2. The molecule has 5 heteroatoms. The van der Waals surface area contributed by atoms with Gasteiger partial charge in [0.25, 0.3) is 5.91 Å². The van der Waals surface area contributed by atoms with E-state index in [9.17, 15) is 9.59 Å². The molecule has 1 aromatic heterocycles. The van der Waals surface area contributed by atoms with Gasteiger partial charge in [-0.05, 0) is 47.4 Å². The fourth-order valence-electron chi connectivity index (χ4n) is 4.61. The molecule has 0 unspecified atom stereocenters. The number of rotatable bonds is 5. The van der Waals surface area contributed by atoms with Crippen molar-refractivity contribution in [2.45, 2.75) is 18.9 Å². The number of benzene rings is 3. The number of fused-ring (bicyclic) bond motifs is 1. The van der Waals surface area contributed by atoms with Crippen LogP contribution >= 0.6 is 0 Å². The highest BCUT2D eigenvalue weighted by Gasteiger charge is 2.30. The lowest BCUT2D eigenvalue weighted by molar-refractivity contribution is -0.126. The molecule has 0 radical (unpaired) electrons. The molecule has 5 rings (SSSR count). The van der Waals surface area contributed by atoms with Gasteiger partial charge in [-0.2, -0.15) is 0 Å². The molecule has 3 aromatic carbocycles. The fraction of sp³-hybridized carbons (Fsp3) is 0.214. The molecule has 1 aliphatic rings. The van der Waals surface area contributed by atoms with Crippen molar-refractivity contribution in [3.63, 3.8) is 0 Å². The molecule has 2 amide bonds. The van der Waals surface area contributed by atoms with E-state index in [2.05, 4.69) is 5.32 Å². The number of nitrogens with one attached hydrogen (secondary N) is 1. The van der Waals surface area contributed by atoms with Crippen molar-refractivity contribution in [3.8, 4) is 0 Å². The minimum atomic E-state index is -0.330. The number of furan rings is 1. The minimum Gasteiger partial charge on any atom is -0.467 e. The van der Waals surface area contributed by atoms with Crippen molar-refractivity contribution in [3.05, 3.63) is 108 Å². The summed E-state index contributed by atoms with van der Waals surface area (Å²) in [4.78, 5) is 28.2. The first-order valence-electron chi connectivity index (χ1n) is 11.4. The van der Waals surface area contributed by atoms with Gasteiger partial charge in [0.05, 0.1) is 6.26 Å². The summed E-state index contributed by atoms with van der Waals surface area (Å²) >= 11 is 0. The quantitative estimate of drug-likeness (QED) is 0.466. The van der Waals surface area contributed by atoms with E-state index in [-0.39, 0.29) is 23.8 Å². The molecule has 1 N–H and O–H groups in total. The van der Waals surface area contributed by atoms with Crippen LogP contribution in [0.25, 0.3) is 10.8 Å². The van der Waals surface area contributed by atoms with Crippen LogP contribution in [0.4, 0.5) is 0 Å². The van der Waals surface area contributed by atoms with Gasteiger partial charge in [0.1, 0.15) is 11.8 Å². The van der Waals surface area contributed by atoms with Gasteiger partial charge in [-0.3, -0.25) is 9.59 Å². The minimum absolute atomic E-state index is 0.00230. The highest BCUT2D eigenvalue weighted by Crippen LogP contribution is 2.26. The van der Waals surface area contributed by atoms with Crippen LogP contribution in [0.3, 0.4) is 0 Å². The van der Waals surface area contributed by atoms with E-state index in [0.717, 1.165) is 21.9 Å². The topological polar surface area (TPSA) is 62.6 Å². The Labute approximate surface area is 193 Å². The SMILES string of the molecule is O=C(N[C@@H](c1ccccc1)c1ccco1)C1CCN(C(=O)c2cccc3ccccc23)CC1. The fourth-order valence-corrected chi connectivity index (χ4v) is 4.61. The third-order valence-corrected chi connectivity index (χ3v) is 6.42. The highest BCUT2D eigenvalue weighted by molar-refractivity contribution is 6.07. The molecular formula is C28H26N2O3. The van der Waals surface area contributed by atoms with Crippen molar-refractivity contribution in [1.82, 2.24) is 10.2 Å². The van der Waals surface area contributed by atoms with Crippen molar-refractivity contribution in [2.24, 2.45) is 5.92 Å². The van der Waals surface area contributed by atoms with Crippen LogP contribution in [0.5, 0.6) is 0 Å². The molecule has 4 aromatic rings. The second kappa shape index (κ2) is 9.33. The Kier molecular flexibility index (Phi) is 5.94. The molecule has 0 bridgehead atoms. The largest absolute Gasteiger partial charge is 0.467 e. The van der Waals surface area contributed by atoms with E-state index in [1.54, 1.807) is 6.26 Å². The summed E-state index contributed by atoms with van der Waals surface area (Å²) in [6.07, 6.45) is 2.90. The molecule has 1 atom stereocenters. The lowest BCUT2D eigenvalue weighted by Crippen LogP contribution is -2.43. The van der Waals surface area contributed by atoms with E-state index < -0.39 is 0 Å². The van der Waals surface area contributed by atoms with E-state index in [1.165, 1.54) is 0 Å². The summed E-state index contributed by atoms with van der Waals surface area (Å²) in [7, 11) is 0. The van der Waals surface area contributed by atoms with Gasteiger partial charge in [0.15, 0.2) is 0 Å². The molecule has 1 saturated heterocycles. The number of amides is 2. The Morgan fingerprint density at radius 1 is 0.848 bits per heavy atom. The summed E-state index contributed by atoms with van der Waals surface area (Å²) in [6.45, 7) is 1.13. The molecule has 33 heavy (non-hydrogen) atoms. The predicted octanol–water partition coefficient (Wildman–Crippen LogP) is 5.19. The Bertz CT molecular complexity index is 1240. The smallest absolute Gasteiger partial charge is 0.254 e. The third kappa shape index (κ3) is 4.40. The number of hydrogen-bond acceptors (Lipinski definition) is 3. The Hall–Kier alpha value is -3.86. The third-order valence-electron chi connectivity index (χ3n) is 6.42. The van der Waals surface area contributed by atoms with E-state index in [0.29, 0.717) is 31.7 Å². The zero-order valence-corrected chi connectivity index (χ0v) is 18.3. The maximum absolute atomic E-state index is 13.2. The number of nitrogens with zero attached hydrogens (tertiary/aromatic N) is 1. The van der Waals surface area contributed by atoms with Gasteiger partial charge >= 0.3 is 0 Å². The summed E-state index contributed by atoms with van der Waals surface area (Å²) in [6, 6.07) is 27.0. The summed E-state index contributed by atoms with van der Waals surface area (Å²) in [5.41, 5.74) is 1.70. The van der Waals surface area contributed by atoms with Crippen LogP contribution in [-0.2, 0) is 4.79 Å². The summed E-state index contributed by atoms with van der Waals surface area (Å²) < 4.78 is 5.60. The molecular weight excluding hydrogens is 412 g/mol. The maximum Gasteiger partial charge on any atom is 0.254 e. The monoisotopic (exact) mass is 438 g/mol. The van der Waals surface area contributed by atoms with E-state index >= 15 is 0 Å². The van der Waals surface area contributed by atoms with Crippen LogP contribution in [0.2, 0.25) is 0 Å². The number of hydrogen-bond donors (Lipinski definition) is 1. The van der Waals surface area contributed by atoms with Crippen LogP contribution < -0.4 is 5.32 Å². The molecule has 5 nitrogen and oxygen atoms in total. The molecule has 0 spiro atoms. The number of carbonyl (C=O) groups is 2. The Balaban J connectivity index is 1.26. The number of piperidine rings is 1. The molecule has 1 aliphatic heterocycles. The summed E-state index contributed by atoms with van der Waals surface area (Å²) in [5.74, 6) is 0.599. The van der Waals surface area contributed by atoms with Crippen molar-refractivity contribution < 1.29 is 14.0 Å². The standard InChI is InChI=1S/C28H26N2O3/c31-27(29-26(25-14-7-19-33-25)21-9-2-1-3-10-21)22-15-17-30(18-16-22)28(32)24-13-6-11-20-8-4-5-12-23(20)24/h1-14,19,22,26H,15-18H2,(H,29,31)/t26-/m0/s1. The first kappa shape index (κ1) is 21.0. The average molecular weight is 439 g/mol. The van der Waals surface area contributed by atoms with Crippen LogP contribution in [-0.4, -0.2) is 29.8 Å². The van der Waals surface area contributed by atoms with Gasteiger partial charge in [-0.1, -0.05) is 66.7 Å². The number of likely N-dealkylation sites (tertiary alicyclic amines) is 1. The zero-order chi connectivity index (χ0) is 22.6. The first-order chi connectivity index (χ1) is 16.2. The van der Waals surface area contributed by atoms with Gasteiger partial charge in [-0.15, -0.1) is 0 Å². The average Bonchev–Trinajstić information content (AvgIpc) is 3.42. The van der Waals surface area contributed by atoms with Crippen LogP contribution in [0.15, 0.2) is 95.6 Å². The Morgan fingerprint density at radius 3 is 2.33 bits per heavy atom. The van der Waals surface area contributed by atoms with Crippen molar-refractivity contribution in [1.29, 1.82) is 0 Å².